The first-order valence-corrected chi connectivity index (χ1v) is 6.69. The Balaban J connectivity index is 1.72. The molecule has 1 aromatic rings. The fraction of sp³-hybridized carbons (Fsp3) is 0.500. The molecule has 0 atom stereocenters. The van der Waals surface area contributed by atoms with Crippen molar-refractivity contribution in [2.24, 2.45) is 0 Å². The SMILES string of the molecule is CN(C)C(=O)NCCNCc1cccc2c1NCC2. The van der Waals surface area contributed by atoms with Crippen molar-refractivity contribution in [3.63, 3.8) is 0 Å². The molecule has 0 radical (unpaired) electrons. The fourth-order valence-electron chi connectivity index (χ4n) is 2.20. The van der Waals surface area contributed by atoms with E-state index in [9.17, 15) is 4.79 Å². The van der Waals surface area contributed by atoms with Crippen LogP contribution in [-0.4, -0.2) is 44.7 Å². The van der Waals surface area contributed by atoms with Crippen molar-refractivity contribution >= 4 is 11.7 Å². The number of para-hydroxylation sites is 1. The van der Waals surface area contributed by atoms with Crippen LogP contribution < -0.4 is 16.0 Å². The second-order valence-electron chi connectivity index (χ2n) is 4.93. The number of amides is 2. The number of nitrogens with zero attached hydrogens (tertiary/aromatic N) is 1. The summed E-state index contributed by atoms with van der Waals surface area (Å²) in [5, 5.41) is 9.61. The molecule has 0 bridgehead atoms. The second-order valence-corrected chi connectivity index (χ2v) is 4.93. The third kappa shape index (κ3) is 3.61. The normalized spacial score (nSPS) is 12.7. The predicted octanol–water partition coefficient (Wildman–Crippen LogP) is 1.02. The van der Waals surface area contributed by atoms with Crippen molar-refractivity contribution in [1.29, 1.82) is 0 Å². The van der Waals surface area contributed by atoms with E-state index < -0.39 is 0 Å². The molecule has 0 aromatic heterocycles. The van der Waals surface area contributed by atoms with Gasteiger partial charge in [-0.25, -0.2) is 4.79 Å². The molecule has 104 valence electrons. The Bertz CT molecular complexity index is 445. The minimum atomic E-state index is -0.0518. The van der Waals surface area contributed by atoms with E-state index >= 15 is 0 Å². The first-order chi connectivity index (χ1) is 9.18. The van der Waals surface area contributed by atoms with Crippen LogP contribution in [0.1, 0.15) is 11.1 Å². The summed E-state index contributed by atoms with van der Waals surface area (Å²) in [5.41, 5.74) is 3.99. The van der Waals surface area contributed by atoms with Crippen LogP contribution in [0.5, 0.6) is 0 Å². The largest absolute Gasteiger partial charge is 0.384 e. The van der Waals surface area contributed by atoms with Crippen molar-refractivity contribution < 1.29 is 4.79 Å². The Labute approximate surface area is 114 Å². The van der Waals surface area contributed by atoms with Gasteiger partial charge in [-0.15, -0.1) is 0 Å². The van der Waals surface area contributed by atoms with Crippen LogP contribution in [0.3, 0.4) is 0 Å². The summed E-state index contributed by atoms with van der Waals surface area (Å²) in [5.74, 6) is 0. The lowest BCUT2D eigenvalue weighted by Crippen LogP contribution is -2.38. The first kappa shape index (κ1) is 13.7. The van der Waals surface area contributed by atoms with Gasteiger partial charge in [0.1, 0.15) is 0 Å². The van der Waals surface area contributed by atoms with Gasteiger partial charge in [-0.05, 0) is 17.5 Å². The summed E-state index contributed by atoms with van der Waals surface area (Å²) in [6.07, 6.45) is 1.11. The van der Waals surface area contributed by atoms with Gasteiger partial charge < -0.3 is 20.9 Å². The smallest absolute Gasteiger partial charge is 0.316 e. The van der Waals surface area contributed by atoms with E-state index in [1.165, 1.54) is 21.7 Å². The molecule has 3 N–H and O–H groups in total. The lowest BCUT2D eigenvalue weighted by atomic mass is 10.1. The van der Waals surface area contributed by atoms with E-state index in [1.807, 2.05) is 0 Å². The monoisotopic (exact) mass is 262 g/mol. The van der Waals surface area contributed by atoms with Gasteiger partial charge in [-0.1, -0.05) is 18.2 Å². The van der Waals surface area contributed by atoms with Gasteiger partial charge in [0.2, 0.25) is 0 Å². The van der Waals surface area contributed by atoms with Gasteiger partial charge in [0, 0.05) is 46.0 Å². The molecule has 0 spiro atoms. The average Bonchev–Trinajstić information content (AvgIpc) is 2.87. The quantitative estimate of drug-likeness (QED) is 0.694. The zero-order chi connectivity index (χ0) is 13.7. The highest BCUT2D eigenvalue weighted by molar-refractivity contribution is 5.73. The highest BCUT2D eigenvalue weighted by atomic mass is 16.2. The van der Waals surface area contributed by atoms with Crippen molar-refractivity contribution in [1.82, 2.24) is 15.5 Å². The van der Waals surface area contributed by atoms with Crippen LogP contribution in [0.15, 0.2) is 18.2 Å². The number of carbonyl (C=O) groups excluding carboxylic acids is 1. The van der Waals surface area contributed by atoms with Crippen molar-refractivity contribution in [2.45, 2.75) is 13.0 Å². The van der Waals surface area contributed by atoms with Crippen LogP contribution in [0.25, 0.3) is 0 Å². The van der Waals surface area contributed by atoms with Crippen molar-refractivity contribution in [2.75, 3.05) is 39.0 Å². The summed E-state index contributed by atoms with van der Waals surface area (Å²) in [6.45, 7) is 3.27. The number of fused-ring (bicyclic) bond motifs is 1. The molecule has 1 aliphatic rings. The van der Waals surface area contributed by atoms with Gasteiger partial charge >= 0.3 is 6.03 Å². The minimum absolute atomic E-state index is 0.0518. The van der Waals surface area contributed by atoms with E-state index in [2.05, 4.69) is 34.1 Å². The molecule has 2 rings (SSSR count). The molecule has 1 heterocycles. The first-order valence-electron chi connectivity index (χ1n) is 6.69. The third-order valence-electron chi connectivity index (χ3n) is 3.23. The maximum atomic E-state index is 11.3. The van der Waals surface area contributed by atoms with Crippen molar-refractivity contribution in [3.8, 4) is 0 Å². The van der Waals surface area contributed by atoms with Crippen LogP contribution in [0.4, 0.5) is 10.5 Å². The highest BCUT2D eigenvalue weighted by Crippen LogP contribution is 2.25. The molecular formula is C14H22N4O. The molecule has 0 unspecified atom stereocenters. The number of hydrogen-bond donors (Lipinski definition) is 3. The van der Waals surface area contributed by atoms with Crippen LogP contribution in [0.2, 0.25) is 0 Å². The number of urea groups is 1. The Kier molecular flexibility index (Phi) is 4.63. The molecule has 2 amide bonds. The maximum absolute atomic E-state index is 11.3. The van der Waals surface area contributed by atoms with Gasteiger partial charge in [0.15, 0.2) is 0 Å². The molecular weight excluding hydrogens is 240 g/mol. The topological polar surface area (TPSA) is 56.4 Å². The summed E-state index contributed by atoms with van der Waals surface area (Å²) < 4.78 is 0. The number of carbonyl (C=O) groups is 1. The Morgan fingerprint density at radius 2 is 2.21 bits per heavy atom. The van der Waals surface area contributed by atoms with E-state index in [0.29, 0.717) is 6.54 Å². The van der Waals surface area contributed by atoms with Gasteiger partial charge in [-0.3, -0.25) is 0 Å². The van der Waals surface area contributed by atoms with Gasteiger partial charge in [-0.2, -0.15) is 0 Å². The Hall–Kier alpha value is -1.75. The number of anilines is 1. The van der Waals surface area contributed by atoms with E-state index in [-0.39, 0.29) is 6.03 Å². The van der Waals surface area contributed by atoms with Gasteiger partial charge in [0.25, 0.3) is 0 Å². The number of benzene rings is 1. The standard InChI is InChI=1S/C14H22N4O/c1-18(2)14(19)17-9-8-15-10-12-5-3-4-11-6-7-16-13(11)12/h3-5,15-16H,6-10H2,1-2H3,(H,17,19). The molecule has 1 aliphatic heterocycles. The summed E-state index contributed by atoms with van der Waals surface area (Å²) in [6, 6.07) is 6.37. The minimum Gasteiger partial charge on any atom is -0.384 e. The van der Waals surface area contributed by atoms with Gasteiger partial charge in [0.05, 0.1) is 0 Å². The van der Waals surface area contributed by atoms with Crippen molar-refractivity contribution in [3.05, 3.63) is 29.3 Å². The number of rotatable bonds is 5. The Morgan fingerprint density at radius 3 is 3.00 bits per heavy atom. The Morgan fingerprint density at radius 1 is 1.37 bits per heavy atom. The van der Waals surface area contributed by atoms with E-state index in [0.717, 1.165) is 26.1 Å². The van der Waals surface area contributed by atoms with Crippen LogP contribution >= 0.6 is 0 Å². The molecule has 19 heavy (non-hydrogen) atoms. The van der Waals surface area contributed by atoms with Crippen LogP contribution in [0, 0.1) is 0 Å². The number of nitrogens with one attached hydrogen (secondary N) is 3. The zero-order valence-electron chi connectivity index (χ0n) is 11.6. The highest BCUT2D eigenvalue weighted by Gasteiger charge is 2.12. The summed E-state index contributed by atoms with van der Waals surface area (Å²) in [4.78, 5) is 12.8. The predicted molar refractivity (Wildman–Crippen MR) is 77.4 cm³/mol. The molecule has 0 aliphatic carbocycles. The lowest BCUT2D eigenvalue weighted by molar-refractivity contribution is 0.217. The zero-order valence-corrected chi connectivity index (χ0v) is 11.6. The average molecular weight is 262 g/mol. The van der Waals surface area contributed by atoms with E-state index in [4.69, 9.17) is 0 Å². The maximum Gasteiger partial charge on any atom is 0.316 e. The summed E-state index contributed by atoms with van der Waals surface area (Å²) in [7, 11) is 3.48. The lowest BCUT2D eigenvalue weighted by Gasteiger charge is -2.13. The summed E-state index contributed by atoms with van der Waals surface area (Å²) >= 11 is 0. The fourth-order valence-corrected chi connectivity index (χ4v) is 2.20. The van der Waals surface area contributed by atoms with E-state index in [1.54, 1.807) is 14.1 Å². The molecule has 0 saturated heterocycles. The van der Waals surface area contributed by atoms with Crippen LogP contribution in [-0.2, 0) is 13.0 Å². The molecule has 5 nitrogen and oxygen atoms in total. The molecule has 1 aromatic carbocycles. The second kappa shape index (κ2) is 6.43. The number of hydrogen-bond acceptors (Lipinski definition) is 3. The molecule has 5 heteroatoms. The molecule has 0 fully saturated rings. The third-order valence-corrected chi connectivity index (χ3v) is 3.23. The molecule has 0 saturated carbocycles.